The molecule has 0 unspecified atom stereocenters. The molecule has 0 radical (unpaired) electrons. The lowest BCUT2D eigenvalue weighted by molar-refractivity contribution is 0.202. The predicted octanol–water partition coefficient (Wildman–Crippen LogP) is 1.25. The fraction of sp³-hybridized carbons (Fsp3) is 0.917. The smallest absolute Gasteiger partial charge is 0.314 e. The van der Waals surface area contributed by atoms with Crippen molar-refractivity contribution in [2.75, 3.05) is 19.7 Å². The summed E-state index contributed by atoms with van der Waals surface area (Å²) >= 11 is 0. The van der Waals surface area contributed by atoms with Gasteiger partial charge in [0.25, 0.3) is 0 Å². The van der Waals surface area contributed by atoms with Crippen LogP contribution in [0, 0.1) is 11.3 Å². The summed E-state index contributed by atoms with van der Waals surface area (Å²) in [6, 6.07) is -0.0842. The maximum atomic E-state index is 11.4. The minimum atomic E-state index is -0.0842. The Kier molecular flexibility index (Phi) is 3.69. The molecular formula is C12H22N2O2. The molecule has 4 nitrogen and oxygen atoms in total. The highest BCUT2D eigenvalue weighted by molar-refractivity contribution is 5.73. The van der Waals surface area contributed by atoms with E-state index in [-0.39, 0.29) is 18.1 Å². The first-order valence-electron chi connectivity index (χ1n) is 6.37. The Balaban J connectivity index is 1.50. The van der Waals surface area contributed by atoms with Crippen molar-refractivity contribution < 1.29 is 9.90 Å². The highest BCUT2D eigenvalue weighted by Gasteiger charge is 2.42. The molecule has 2 amide bonds. The molecule has 0 aliphatic heterocycles. The molecule has 3 N–H and O–H groups in total. The molecule has 0 atom stereocenters. The Morgan fingerprint density at radius 2 is 2.06 bits per heavy atom. The number of urea groups is 1. The van der Waals surface area contributed by atoms with Crippen molar-refractivity contribution in [1.29, 1.82) is 0 Å². The van der Waals surface area contributed by atoms with Gasteiger partial charge in [0.15, 0.2) is 0 Å². The van der Waals surface area contributed by atoms with Gasteiger partial charge in [0.05, 0.1) is 6.61 Å². The van der Waals surface area contributed by atoms with Crippen LogP contribution in [0.5, 0.6) is 0 Å². The SMILES string of the molecule is O=C(NCCC1CCC1)NCC1(CO)CC1. The Morgan fingerprint density at radius 1 is 1.31 bits per heavy atom. The standard InChI is InChI=1S/C12H22N2O2/c15-9-12(5-6-12)8-14-11(16)13-7-4-10-2-1-3-10/h10,15H,1-9H2,(H2,13,14,16). The average molecular weight is 226 g/mol. The Morgan fingerprint density at radius 3 is 2.56 bits per heavy atom. The summed E-state index contributed by atoms with van der Waals surface area (Å²) in [6.07, 6.45) is 7.19. The molecule has 2 aliphatic rings. The first kappa shape index (κ1) is 11.7. The van der Waals surface area contributed by atoms with Gasteiger partial charge in [-0.1, -0.05) is 19.3 Å². The van der Waals surface area contributed by atoms with Gasteiger partial charge in [-0.05, 0) is 25.2 Å². The van der Waals surface area contributed by atoms with Gasteiger partial charge in [0.2, 0.25) is 0 Å². The molecule has 0 aromatic carbocycles. The molecule has 2 aliphatic carbocycles. The second kappa shape index (κ2) is 5.04. The second-order valence-corrected chi connectivity index (χ2v) is 5.35. The number of hydrogen-bond donors (Lipinski definition) is 3. The third-order valence-electron chi connectivity index (χ3n) is 3.98. The molecule has 92 valence electrons. The summed E-state index contributed by atoms with van der Waals surface area (Å²) in [7, 11) is 0. The maximum Gasteiger partial charge on any atom is 0.314 e. The molecule has 16 heavy (non-hydrogen) atoms. The Labute approximate surface area is 96.8 Å². The van der Waals surface area contributed by atoms with Gasteiger partial charge in [-0.15, -0.1) is 0 Å². The first-order valence-corrected chi connectivity index (χ1v) is 6.37. The number of nitrogens with one attached hydrogen (secondary N) is 2. The topological polar surface area (TPSA) is 61.4 Å². The maximum absolute atomic E-state index is 11.4. The molecule has 0 heterocycles. The van der Waals surface area contributed by atoms with Gasteiger partial charge in [-0.25, -0.2) is 4.79 Å². The molecule has 0 spiro atoms. The fourth-order valence-electron chi connectivity index (χ4n) is 2.07. The van der Waals surface area contributed by atoms with Gasteiger partial charge < -0.3 is 15.7 Å². The fourth-order valence-corrected chi connectivity index (χ4v) is 2.07. The number of carbonyl (C=O) groups excluding carboxylic acids is 1. The quantitative estimate of drug-likeness (QED) is 0.638. The number of aliphatic hydroxyl groups excluding tert-OH is 1. The molecular weight excluding hydrogens is 204 g/mol. The van der Waals surface area contributed by atoms with Crippen LogP contribution in [0.1, 0.15) is 38.5 Å². The van der Waals surface area contributed by atoms with Crippen LogP contribution in [-0.2, 0) is 0 Å². The van der Waals surface area contributed by atoms with E-state index in [2.05, 4.69) is 10.6 Å². The molecule has 4 heteroatoms. The van der Waals surface area contributed by atoms with Crippen molar-refractivity contribution in [3.05, 3.63) is 0 Å². The third-order valence-corrected chi connectivity index (χ3v) is 3.98. The minimum absolute atomic E-state index is 0.00527. The van der Waals surface area contributed by atoms with E-state index < -0.39 is 0 Å². The van der Waals surface area contributed by atoms with E-state index in [0.717, 1.165) is 31.7 Å². The number of aliphatic hydroxyl groups is 1. The third kappa shape index (κ3) is 3.11. The molecule has 0 saturated heterocycles. The van der Waals surface area contributed by atoms with E-state index in [1.807, 2.05) is 0 Å². The summed E-state index contributed by atoms with van der Waals surface area (Å²) < 4.78 is 0. The normalized spacial score (nSPS) is 22.3. The van der Waals surface area contributed by atoms with Crippen molar-refractivity contribution >= 4 is 6.03 Å². The van der Waals surface area contributed by atoms with Gasteiger partial charge in [0.1, 0.15) is 0 Å². The van der Waals surface area contributed by atoms with E-state index >= 15 is 0 Å². The monoisotopic (exact) mass is 226 g/mol. The van der Waals surface area contributed by atoms with E-state index in [0.29, 0.717) is 6.54 Å². The summed E-state index contributed by atoms with van der Waals surface area (Å²) in [6.45, 7) is 1.58. The van der Waals surface area contributed by atoms with Crippen LogP contribution in [0.4, 0.5) is 4.79 Å². The predicted molar refractivity (Wildman–Crippen MR) is 62.1 cm³/mol. The van der Waals surface area contributed by atoms with Crippen molar-refractivity contribution in [1.82, 2.24) is 10.6 Å². The van der Waals surface area contributed by atoms with Crippen LogP contribution in [0.25, 0.3) is 0 Å². The Bertz CT molecular complexity index is 247. The average Bonchev–Trinajstić information content (AvgIpc) is 3.00. The van der Waals surface area contributed by atoms with Gasteiger partial charge in [-0.2, -0.15) is 0 Å². The Hall–Kier alpha value is -0.770. The van der Waals surface area contributed by atoms with Crippen molar-refractivity contribution in [2.24, 2.45) is 11.3 Å². The molecule has 0 aromatic rings. The molecule has 2 saturated carbocycles. The number of hydrogen-bond acceptors (Lipinski definition) is 2. The van der Waals surface area contributed by atoms with E-state index in [1.54, 1.807) is 0 Å². The molecule has 2 fully saturated rings. The summed E-state index contributed by atoms with van der Waals surface area (Å²) in [5, 5.41) is 14.8. The first-order chi connectivity index (χ1) is 7.74. The van der Waals surface area contributed by atoms with Crippen LogP contribution in [0.2, 0.25) is 0 Å². The lowest BCUT2D eigenvalue weighted by Gasteiger charge is -2.25. The zero-order chi connectivity index (χ0) is 11.4. The van der Waals surface area contributed by atoms with Crippen molar-refractivity contribution in [3.8, 4) is 0 Å². The second-order valence-electron chi connectivity index (χ2n) is 5.35. The van der Waals surface area contributed by atoms with E-state index in [1.165, 1.54) is 19.3 Å². The molecule has 2 rings (SSSR count). The highest BCUT2D eigenvalue weighted by atomic mass is 16.3. The van der Waals surface area contributed by atoms with Gasteiger partial charge in [0, 0.05) is 18.5 Å². The largest absolute Gasteiger partial charge is 0.396 e. The van der Waals surface area contributed by atoms with Crippen LogP contribution in [0.3, 0.4) is 0 Å². The summed E-state index contributed by atoms with van der Waals surface area (Å²) in [5.41, 5.74) is 0.00527. The van der Waals surface area contributed by atoms with E-state index in [4.69, 9.17) is 5.11 Å². The van der Waals surface area contributed by atoms with Crippen LogP contribution < -0.4 is 10.6 Å². The summed E-state index contributed by atoms with van der Waals surface area (Å²) in [5.74, 6) is 0.840. The number of carbonyl (C=O) groups is 1. The molecule has 0 bridgehead atoms. The van der Waals surface area contributed by atoms with E-state index in [9.17, 15) is 4.79 Å². The van der Waals surface area contributed by atoms with Crippen LogP contribution in [0.15, 0.2) is 0 Å². The highest BCUT2D eigenvalue weighted by Crippen LogP contribution is 2.44. The van der Waals surface area contributed by atoms with Gasteiger partial charge in [-0.3, -0.25) is 0 Å². The number of amides is 2. The zero-order valence-electron chi connectivity index (χ0n) is 9.80. The lowest BCUT2D eigenvalue weighted by atomic mass is 9.83. The van der Waals surface area contributed by atoms with Crippen molar-refractivity contribution in [2.45, 2.75) is 38.5 Å². The number of rotatable bonds is 6. The van der Waals surface area contributed by atoms with Gasteiger partial charge >= 0.3 is 6.03 Å². The zero-order valence-corrected chi connectivity index (χ0v) is 9.80. The minimum Gasteiger partial charge on any atom is -0.396 e. The van der Waals surface area contributed by atoms with Crippen molar-refractivity contribution in [3.63, 3.8) is 0 Å². The lowest BCUT2D eigenvalue weighted by Crippen LogP contribution is -2.40. The van der Waals surface area contributed by atoms with Crippen LogP contribution in [-0.4, -0.2) is 30.8 Å². The molecule has 0 aromatic heterocycles. The summed E-state index contributed by atoms with van der Waals surface area (Å²) in [4.78, 5) is 11.4. The van der Waals surface area contributed by atoms with Crippen LogP contribution >= 0.6 is 0 Å².